The number of rotatable bonds is 2. The largest absolute Gasteiger partial charge is 0.343 e. The highest BCUT2D eigenvalue weighted by atomic mass is 16.2. The number of hydrogen-bond donors (Lipinski definition) is 2. The van der Waals surface area contributed by atoms with Gasteiger partial charge in [0.2, 0.25) is 11.8 Å². The molecule has 0 aromatic heterocycles. The Labute approximate surface area is 78.1 Å². The Morgan fingerprint density at radius 1 is 1.31 bits per heavy atom. The van der Waals surface area contributed by atoms with Crippen LogP contribution in [0, 0.1) is 5.92 Å². The lowest BCUT2D eigenvalue weighted by atomic mass is 9.96. The summed E-state index contributed by atoms with van der Waals surface area (Å²) in [6, 6.07) is -0.749. The first-order valence-corrected chi connectivity index (χ1v) is 4.67. The second-order valence-corrected chi connectivity index (χ2v) is 3.60. The van der Waals surface area contributed by atoms with E-state index in [2.05, 4.69) is 10.6 Å². The van der Waals surface area contributed by atoms with E-state index in [0.717, 1.165) is 6.42 Å². The molecule has 1 rings (SSSR count). The number of carbonyl (C=O) groups is 2. The van der Waals surface area contributed by atoms with Crippen LogP contribution in [-0.2, 0) is 9.59 Å². The van der Waals surface area contributed by atoms with E-state index in [9.17, 15) is 9.59 Å². The standard InChI is InChI=1S/C9H16N2O2/c1-4-5(2)7-9(13)10-6(3)8(12)11-7/h5-7H,4H2,1-3H3,(H,10,13)(H,11,12)/t5-,6+,7+/m1/s1. The lowest BCUT2D eigenvalue weighted by Gasteiger charge is -2.30. The van der Waals surface area contributed by atoms with Gasteiger partial charge >= 0.3 is 0 Å². The highest BCUT2D eigenvalue weighted by molar-refractivity contribution is 5.96. The number of hydrogen-bond acceptors (Lipinski definition) is 2. The molecule has 0 aromatic rings. The maximum Gasteiger partial charge on any atom is 0.243 e. The van der Waals surface area contributed by atoms with Crippen LogP contribution in [0.2, 0.25) is 0 Å². The molecular weight excluding hydrogens is 168 g/mol. The minimum absolute atomic E-state index is 0.0681. The quantitative estimate of drug-likeness (QED) is 0.636. The Morgan fingerprint density at radius 3 is 2.46 bits per heavy atom. The van der Waals surface area contributed by atoms with Crippen molar-refractivity contribution in [2.24, 2.45) is 5.92 Å². The molecule has 1 aliphatic rings. The zero-order valence-corrected chi connectivity index (χ0v) is 8.26. The minimum atomic E-state index is -0.396. The third kappa shape index (κ3) is 1.99. The third-order valence-electron chi connectivity index (χ3n) is 2.55. The summed E-state index contributed by atoms with van der Waals surface area (Å²) >= 11 is 0. The number of nitrogens with one attached hydrogen (secondary N) is 2. The van der Waals surface area contributed by atoms with E-state index in [4.69, 9.17) is 0 Å². The number of amides is 2. The second-order valence-electron chi connectivity index (χ2n) is 3.60. The van der Waals surface area contributed by atoms with Gasteiger partial charge in [0.25, 0.3) is 0 Å². The van der Waals surface area contributed by atoms with Gasteiger partial charge in [-0.2, -0.15) is 0 Å². The predicted octanol–water partition coefficient (Wildman–Crippen LogP) is 0.0356. The molecule has 74 valence electrons. The van der Waals surface area contributed by atoms with Crippen molar-refractivity contribution >= 4 is 11.8 Å². The van der Waals surface area contributed by atoms with Crippen molar-refractivity contribution in [1.82, 2.24) is 10.6 Å². The molecule has 1 heterocycles. The minimum Gasteiger partial charge on any atom is -0.343 e. The highest BCUT2D eigenvalue weighted by Crippen LogP contribution is 2.10. The molecule has 4 nitrogen and oxygen atoms in total. The Kier molecular flexibility index (Phi) is 2.90. The van der Waals surface area contributed by atoms with E-state index in [1.807, 2.05) is 13.8 Å². The van der Waals surface area contributed by atoms with Crippen LogP contribution in [0.5, 0.6) is 0 Å². The average molecular weight is 184 g/mol. The zero-order valence-electron chi connectivity index (χ0n) is 8.26. The maximum atomic E-state index is 11.4. The van der Waals surface area contributed by atoms with Crippen LogP contribution in [0.15, 0.2) is 0 Å². The fourth-order valence-electron chi connectivity index (χ4n) is 1.35. The molecule has 0 aromatic carbocycles. The van der Waals surface area contributed by atoms with Gasteiger partial charge < -0.3 is 10.6 Å². The Hall–Kier alpha value is -1.06. The van der Waals surface area contributed by atoms with E-state index in [1.165, 1.54) is 0 Å². The maximum absolute atomic E-state index is 11.4. The van der Waals surface area contributed by atoms with Crippen LogP contribution in [-0.4, -0.2) is 23.9 Å². The summed E-state index contributed by atoms with van der Waals surface area (Å²) < 4.78 is 0. The fraction of sp³-hybridized carbons (Fsp3) is 0.778. The number of piperazine rings is 1. The van der Waals surface area contributed by atoms with E-state index in [-0.39, 0.29) is 23.8 Å². The van der Waals surface area contributed by atoms with Gasteiger partial charge in [0.05, 0.1) is 0 Å². The van der Waals surface area contributed by atoms with Crippen molar-refractivity contribution in [2.45, 2.75) is 39.3 Å². The summed E-state index contributed by atoms with van der Waals surface area (Å²) in [5.41, 5.74) is 0. The normalized spacial score (nSPS) is 30.7. The summed E-state index contributed by atoms with van der Waals surface area (Å²) in [6.45, 7) is 5.64. The van der Waals surface area contributed by atoms with E-state index >= 15 is 0 Å². The van der Waals surface area contributed by atoms with E-state index in [1.54, 1.807) is 6.92 Å². The van der Waals surface area contributed by atoms with E-state index < -0.39 is 6.04 Å². The monoisotopic (exact) mass is 184 g/mol. The van der Waals surface area contributed by atoms with Crippen LogP contribution in [0.1, 0.15) is 27.2 Å². The molecule has 0 bridgehead atoms. The SMILES string of the molecule is CC[C@@H](C)[C@@H]1NC(=O)[C@H](C)NC1=O. The van der Waals surface area contributed by atoms with Crippen molar-refractivity contribution < 1.29 is 9.59 Å². The van der Waals surface area contributed by atoms with Crippen LogP contribution in [0.3, 0.4) is 0 Å². The molecule has 3 atom stereocenters. The summed E-state index contributed by atoms with van der Waals surface area (Å²) in [7, 11) is 0. The molecule has 0 radical (unpaired) electrons. The van der Waals surface area contributed by atoms with Gasteiger partial charge in [-0.15, -0.1) is 0 Å². The van der Waals surface area contributed by atoms with E-state index in [0.29, 0.717) is 0 Å². The third-order valence-corrected chi connectivity index (χ3v) is 2.55. The lowest BCUT2D eigenvalue weighted by molar-refractivity contribution is -0.137. The first-order chi connectivity index (χ1) is 6.06. The topological polar surface area (TPSA) is 58.2 Å². The van der Waals surface area contributed by atoms with Gasteiger partial charge in [0, 0.05) is 0 Å². The number of carbonyl (C=O) groups excluding carboxylic acids is 2. The van der Waals surface area contributed by atoms with Crippen LogP contribution in [0.25, 0.3) is 0 Å². The summed E-state index contributed by atoms with van der Waals surface area (Å²) in [4.78, 5) is 22.7. The zero-order chi connectivity index (χ0) is 10.0. The highest BCUT2D eigenvalue weighted by Gasteiger charge is 2.33. The molecule has 1 aliphatic heterocycles. The predicted molar refractivity (Wildman–Crippen MR) is 49.0 cm³/mol. The molecule has 2 N–H and O–H groups in total. The van der Waals surface area contributed by atoms with Gasteiger partial charge in [0.15, 0.2) is 0 Å². The van der Waals surface area contributed by atoms with Gasteiger partial charge in [-0.1, -0.05) is 20.3 Å². The lowest BCUT2D eigenvalue weighted by Crippen LogP contribution is -2.62. The Balaban J connectivity index is 2.66. The van der Waals surface area contributed by atoms with Gasteiger partial charge in [-0.25, -0.2) is 0 Å². The average Bonchev–Trinajstić information content (AvgIpc) is 2.10. The molecule has 1 fully saturated rings. The van der Waals surface area contributed by atoms with Crippen molar-refractivity contribution in [2.75, 3.05) is 0 Å². The summed E-state index contributed by atoms with van der Waals surface area (Å²) in [5.74, 6) is 0.0304. The van der Waals surface area contributed by atoms with Crippen molar-refractivity contribution in [1.29, 1.82) is 0 Å². The molecule has 0 aliphatic carbocycles. The second kappa shape index (κ2) is 3.77. The van der Waals surface area contributed by atoms with Crippen LogP contribution >= 0.6 is 0 Å². The molecule has 1 saturated heterocycles. The Bertz CT molecular complexity index is 228. The molecule has 2 amide bonds. The van der Waals surface area contributed by atoms with Crippen LogP contribution in [0.4, 0.5) is 0 Å². The van der Waals surface area contributed by atoms with Gasteiger partial charge in [0.1, 0.15) is 12.1 Å². The van der Waals surface area contributed by atoms with Gasteiger partial charge in [-0.3, -0.25) is 9.59 Å². The molecule has 13 heavy (non-hydrogen) atoms. The molecule has 0 unspecified atom stereocenters. The van der Waals surface area contributed by atoms with Crippen LogP contribution < -0.4 is 10.6 Å². The first kappa shape index (κ1) is 10.0. The summed E-state index contributed by atoms with van der Waals surface area (Å²) in [6.07, 6.45) is 0.882. The smallest absolute Gasteiger partial charge is 0.243 e. The fourth-order valence-corrected chi connectivity index (χ4v) is 1.35. The van der Waals surface area contributed by atoms with Crippen molar-refractivity contribution in [3.05, 3.63) is 0 Å². The van der Waals surface area contributed by atoms with Crippen molar-refractivity contribution in [3.63, 3.8) is 0 Å². The van der Waals surface area contributed by atoms with Gasteiger partial charge in [-0.05, 0) is 12.8 Å². The molecule has 4 heteroatoms. The van der Waals surface area contributed by atoms with Crippen molar-refractivity contribution in [3.8, 4) is 0 Å². The Morgan fingerprint density at radius 2 is 1.92 bits per heavy atom. The first-order valence-electron chi connectivity index (χ1n) is 4.67. The molecule has 0 saturated carbocycles. The molecule has 0 spiro atoms. The summed E-state index contributed by atoms with van der Waals surface area (Å²) in [5, 5.41) is 5.36. The molecular formula is C9H16N2O2.